The first-order chi connectivity index (χ1) is 8.15. The quantitative estimate of drug-likeness (QED) is 0.495. The Morgan fingerprint density at radius 1 is 1.41 bits per heavy atom. The Bertz CT molecular complexity index is 390. The van der Waals surface area contributed by atoms with Crippen LogP contribution in [0, 0.1) is 0 Å². The molecule has 1 rings (SSSR count). The second kappa shape index (κ2) is 6.59. The van der Waals surface area contributed by atoms with Gasteiger partial charge in [-0.3, -0.25) is 4.79 Å². The van der Waals surface area contributed by atoms with Gasteiger partial charge in [0.25, 0.3) is 0 Å². The third-order valence-electron chi connectivity index (χ3n) is 1.73. The zero-order valence-electron chi connectivity index (χ0n) is 9.58. The van der Waals surface area contributed by atoms with Crippen LogP contribution < -0.4 is 0 Å². The first kappa shape index (κ1) is 13.1. The smallest absolute Gasteiger partial charge is 0.375 e. The average Bonchev–Trinajstić information content (AvgIpc) is 2.75. The van der Waals surface area contributed by atoms with E-state index in [1.807, 2.05) is 0 Å². The summed E-state index contributed by atoms with van der Waals surface area (Å²) in [5.74, 6) is -0.907. The first-order valence-electron chi connectivity index (χ1n) is 4.82. The summed E-state index contributed by atoms with van der Waals surface area (Å²) in [6.45, 7) is 1.70. The molecule has 0 saturated carbocycles. The summed E-state index contributed by atoms with van der Waals surface area (Å²) >= 11 is 0. The molecular weight excluding hydrogens is 230 g/mol. The van der Waals surface area contributed by atoms with Gasteiger partial charge >= 0.3 is 11.9 Å². The Hall–Kier alpha value is -1.96. The number of methoxy groups -OCH3 is 1. The van der Waals surface area contributed by atoms with Crippen molar-refractivity contribution < 1.29 is 23.8 Å². The maximum Gasteiger partial charge on any atom is 0.375 e. The second-order valence-corrected chi connectivity index (χ2v) is 2.95. The fourth-order valence-electron chi connectivity index (χ4n) is 1.00. The molecule has 0 atom stereocenters. The van der Waals surface area contributed by atoms with E-state index in [0.717, 1.165) is 0 Å². The SMILES string of the molecule is COC(=O)c1ncnn1COCCOC(C)=O. The minimum Gasteiger partial charge on any atom is -0.463 e. The fraction of sp³-hybridized carbons (Fsp3) is 0.556. The maximum atomic E-state index is 11.2. The zero-order chi connectivity index (χ0) is 12.7. The van der Waals surface area contributed by atoms with Gasteiger partial charge in [-0.1, -0.05) is 0 Å². The van der Waals surface area contributed by atoms with Gasteiger partial charge in [-0.05, 0) is 0 Å². The Labute approximate surface area is 97.5 Å². The lowest BCUT2D eigenvalue weighted by atomic mass is 10.6. The van der Waals surface area contributed by atoms with Crippen molar-refractivity contribution in [2.24, 2.45) is 0 Å². The fourth-order valence-corrected chi connectivity index (χ4v) is 1.00. The van der Waals surface area contributed by atoms with Crippen LogP contribution in [-0.2, 0) is 25.7 Å². The van der Waals surface area contributed by atoms with E-state index in [1.165, 1.54) is 25.0 Å². The second-order valence-electron chi connectivity index (χ2n) is 2.95. The van der Waals surface area contributed by atoms with Crippen molar-refractivity contribution in [2.45, 2.75) is 13.7 Å². The van der Waals surface area contributed by atoms with Crippen LogP contribution in [0.3, 0.4) is 0 Å². The van der Waals surface area contributed by atoms with E-state index in [1.54, 1.807) is 0 Å². The summed E-state index contributed by atoms with van der Waals surface area (Å²) in [5.41, 5.74) is 0. The number of hydrogen-bond donors (Lipinski definition) is 0. The zero-order valence-corrected chi connectivity index (χ0v) is 9.58. The first-order valence-corrected chi connectivity index (χ1v) is 4.82. The largest absolute Gasteiger partial charge is 0.463 e. The predicted molar refractivity (Wildman–Crippen MR) is 53.9 cm³/mol. The molecule has 0 aliphatic heterocycles. The summed E-state index contributed by atoms with van der Waals surface area (Å²) in [6.07, 6.45) is 1.22. The maximum absolute atomic E-state index is 11.2. The summed E-state index contributed by atoms with van der Waals surface area (Å²) in [4.78, 5) is 25.4. The summed E-state index contributed by atoms with van der Waals surface area (Å²) in [7, 11) is 1.25. The molecule has 8 heteroatoms. The number of rotatable bonds is 6. The van der Waals surface area contributed by atoms with Crippen LogP contribution in [0.5, 0.6) is 0 Å². The normalized spacial score (nSPS) is 10.0. The van der Waals surface area contributed by atoms with Gasteiger partial charge in [-0.15, -0.1) is 0 Å². The molecule has 0 aliphatic carbocycles. The summed E-state index contributed by atoms with van der Waals surface area (Å²) in [6, 6.07) is 0. The van der Waals surface area contributed by atoms with E-state index >= 15 is 0 Å². The van der Waals surface area contributed by atoms with Crippen molar-refractivity contribution in [1.29, 1.82) is 0 Å². The van der Waals surface area contributed by atoms with Crippen molar-refractivity contribution in [2.75, 3.05) is 20.3 Å². The number of carbonyl (C=O) groups excluding carboxylic acids is 2. The summed E-state index contributed by atoms with van der Waals surface area (Å²) in [5, 5.41) is 3.79. The molecule has 8 nitrogen and oxygen atoms in total. The van der Waals surface area contributed by atoms with Gasteiger partial charge < -0.3 is 14.2 Å². The van der Waals surface area contributed by atoms with Gasteiger partial charge in [0.1, 0.15) is 19.7 Å². The van der Waals surface area contributed by atoms with Crippen LogP contribution in [0.1, 0.15) is 17.5 Å². The molecule has 0 aromatic carbocycles. The monoisotopic (exact) mass is 243 g/mol. The molecule has 0 fully saturated rings. The van der Waals surface area contributed by atoms with Crippen LogP contribution in [0.2, 0.25) is 0 Å². The number of nitrogens with zero attached hydrogens (tertiary/aromatic N) is 3. The van der Waals surface area contributed by atoms with Crippen molar-refractivity contribution in [3.05, 3.63) is 12.2 Å². The number of hydrogen-bond acceptors (Lipinski definition) is 7. The standard InChI is InChI=1S/C9H13N3O5/c1-7(13)17-4-3-16-6-12-8(9(14)15-2)10-5-11-12/h5H,3-4,6H2,1-2H3. The molecule has 0 bridgehead atoms. The van der Waals surface area contributed by atoms with Crippen molar-refractivity contribution in [3.63, 3.8) is 0 Å². The molecule has 0 unspecified atom stereocenters. The van der Waals surface area contributed by atoms with E-state index in [4.69, 9.17) is 4.74 Å². The topological polar surface area (TPSA) is 92.5 Å². The van der Waals surface area contributed by atoms with Crippen LogP contribution >= 0.6 is 0 Å². The van der Waals surface area contributed by atoms with Crippen LogP contribution in [0.15, 0.2) is 6.33 Å². The van der Waals surface area contributed by atoms with E-state index < -0.39 is 5.97 Å². The molecule has 0 saturated heterocycles. The van der Waals surface area contributed by atoms with Crippen LogP contribution in [0.25, 0.3) is 0 Å². The number of ether oxygens (including phenoxy) is 3. The Morgan fingerprint density at radius 2 is 2.18 bits per heavy atom. The molecule has 0 spiro atoms. The van der Waals surface area contributed by atoms with Crippen LogP contribution in [-0.4, -0.2) is 47.0 Å². The molecule has 17 heavy (non-hydrogen) atoms. The predicted octanol–water partition coefficient (Wildman–Crippen LogP) is -0.398. The Morgan fingerprint density at radius 3 is 2.82 bits per heavy atom. The van der Waals surface area contributed by atoms with Crippen molar-refractivity contribution in [3.8, 4) is 0 Å². The molecule has 0 radical (unpaired) electrons. The molecule has 0 aliphatic rings. The molecular formula is C9H13N3O5. The molecule has 0 amide bonds. The lowest BCUT2D eigenvalue weighted by molar-refractivity contribution is -0.142. The van der Waals surface area contributed by atoms with Gasteiger partial charge in [0.2, 0.25) is 5.82 Å². The van der Waals surface area contributed by atoms with Gasteiger partial charge in [0, 0.05) is 6.92 Å². The highest BCUT2D eigenvalue weighted by molar-refractivity contribution is 5.85. The van der Waals surface area contributed by atoms with E-state index in [-0.39, 0.29) is 31.7 Å². The van der Waals surface area contributed by atoms with E-state index in [9.17, 15) is 9.59 Å². The highest BCUT2D eigenvalue weighted by Gasteiger charge is 2.13. The lowest BCUT2D eigenvalue weighted by Crippen LogP contribution is -2.16. The number of aromatic nitrogens is 3. The van der Waals surface area contributed by atoms with Gasteiger partial charge in [0.05, 0.1) is 13.7 Å². The van der Waals surface area contributed by atoms with Gasteiger partial charge in [-0.2, -0.15) is 5.10 Å². The Balaban J connectivity index is 2.34. The highest BCUT2D eigenvalue weighted by atomic mass is 16.6. The van der Waals surface area contributed by atoms with E-state index in [2.05, 4.69) is 19.6 Å². The third kappa shape index (κ3) is 4.19. The summed E-state index contributed by atoms with van der Waals surface area (Å²) < 4.78 is 15.6. The van der Waals surface area contributed by atoms with Gasteiger partial charge in [0.15, 0.2) is 0 Å². The minimum absolute atomic E-state index is 0.0334. The van der Waals surface area contributed by atoms with Gasteiger partial charge in [-0.25, -0.2) is 14.5 Å². The van der Waals surface area contributed by atoms with Crippen LogP contribution in [0.4, 0.5) is 0 Å². The molecule has 0 N–H and O–H groups in total. The Kier molecular flexibility index (Phi) is 5.08. The molecule has 1 aromatic rings. The molecule has 1 heterocycles. The van der Waals surface area contributed by atoms with E-state index in [0.29, 0.717) is 0 Å². The third-order valence-corrected chi connectivity index (χ3v) is 1.73. The molecule has 1 aromatic heterocycles. The number of carbonyl (C=O) groups is 2. The lowest BCUT2D eigenvalue weighted by Gasteiger charge is -2.06. The molecule has 94 valence electrons. The van der Waals surface area contributed by atoms with Crippen molar-refractivity contribution >= 4 is 11.9 Å². The average molecular weight is 243 g/mol. The highest BCUT2D eigenvalue weighted by Crippen LogP contribution is 1.96. The number of esters is 2. The minimum atomic E-state index is -0.592. The van der Waals surface area contributed by atoms with Crippen molar-refractivity contribution in [1.82, 2.24) is 14.8 Å².